The largest absolute Gasteiger partial charge is 0.444 e. The molecule has 1 unspecified atom stereocenters. The SMILES string of the molecule is CCSSc1cccc(C)c1OC(=O)C[C@H](NC(=O)[C@@H](CC(=O)[C@H](C(C)C)N(C)C(=O)[C@H](CC(C)C)N(C)C(=O)CNC(=O)[C@H](Cc1ccccc1)N(C)C(=O)[C@@H](NC(=O)[C@H](CC(C)C)N(C)C(=O)[C@@H](NC(=O)[C@H](C)N(C)C(=O)OC(C)(C)C)C(C)C)[C@@H](C)OC(c1ccccc1)(c1ccccc1)c1ccccc1)Cc1ccccc1)C(=O)N(C)C(Cc1ccccc1)C(=O)N[C@@H](C)C(=O)N1CCCCC1. The number of hydrogen-bond donors (Lipinski definition) is 5. The summed E-state index contributed by atoms with van der Waals surface area (Å²) in [5, 5.41) is 14.4. The van der Waals surface area contributed by atoms with Gasteiger partial charge in [-0.05, 0) is 156 Å². The molecule has 12 atom stereocenters. The molecule has 1 fully saturated rings. The number of hydrogen-bond acceptors (Lipinski definition) is 19. The molecule has 0 radical (unpaired) electrons. The lowest BCUT2D eigenvalue weighted by atomic mass is 9.79. The highest BCUT2D eigenvalue weighted by Gasteiger charge is 2.48. The first kappa shape index (κ1) is 114. The van der Waals surface area contributed by atoms with Crippen LogP contribution in [-0.2, 0) is 96.7 Å². The number of Topliss-reactive ketones (excluding diaryl/α,β-unsaturated/α-hetero) is 1. The molecule has 0 bridgehead atoms. The molecule has 141 heavy (non-hydrogen) atoms. The number of piperidine rings is 1. The molecule has 5 N–H and O–H groups in total. The monoisotopic (exact) mass is 1970 g/mol. The zero-order chi connectivity index (χ0) is 104. The Balaban J connectivity index is 1.11. The second kappa shape index (κ2) is 54.1. The molecule has 762 valence electrons. The molecular weight excluding hydrogens is 1830 g/mol. The van der Waals surface area contributed by atoms with Crippen LogP contribution in [0.15, 0.2) is 205 Å². The summed E-state index contributed by atoms with van der Waals surface area (Å²) in [5.74, 6) is -11.3. The molecule has 0 aromatic heterocycles. The van der Waals surface area contributed by atoms with Crippen molar-refractivity contribution < 1.29 is 81.3 Å². The molecular formula is C110H148N12O17S2. The van der Waals surface area contributed by atoms with Gasteiger partial charge < -0.3 is 70.2 Å². The summed E-state index contributed by atoms with van der Waals surface area (Å²) < 4.78 is 19.3. The van der Waals surface area contributed by atoms with Crippen molar-refractivity contribution >= 4 is 104 Å². The van der Waals surface area contributed by atoms with Crippen molar-refractivity contribution in [1.82, 2.24) is 60.9 Å². The number of carbonyl (C=O) groups is 14. The van der Waals surface area contributed by atoms with Crippen molar-refractivity contribution in [3.05, 3.63) is 239 Å². The maximum atomic E-state index is 16.5. The zero-order valence-corrected chi connectivity index (χ0v) is 87.7. The highest BCUT2D eigenvalue weighted by Crippen LogP contribution is 2.43. The van der Waals surface area contributed by atoms with Gasteiger partial charge in [0.15, 0.2) is 5.78 Å². The van der Waals surface area contributed by atoms with Gasteiger partial charge in [0, 0.05) is 86.3 Å². The summed E-state index contributed by atoms with van der Waals surface area (Å²) in [5.41, 5.74) is 2.07. The van der Waals surface area contributed by atoms with E-state index in [2.05, 4.69) is 26.6 Å². The summed E-state index contributed by atoms with van der Waals surface area (Å²) in [6.07, 6.45) is -0.921. The predicted octanol–water partition coefficient (Wildman–Crippen LogP) is 13.6. The summed E-state index contributed by atoms with van der Waals surface area (Å²) in [6, 6.07) is 46.8. The van der Waals surface area contributed by atoms with Gasteiger partial charge in [-0.3, -0.25) is 67.2 Å². The lowest BCUT2D eigenvalue weighted by Crippen LogP contribution is -2.63. The van der Waals surface area contributed by atoms with E-state index in [9.17, 15) is 24.0 Å². The number of ether oxygens (including phenoxy) is 3. The van der Waals surface area contributed by atoms with Gasteiger partial charge in [-0.2, -0.15) is 0 Å². The van der Waals surface area contributed by atoms with Crippen LogP contribution >= 0.6 is 21.6 Å². The average Bonchev–Trinajstić information content (AvgIpc) is 0.746. The van der Waals surface area contributed by atoms with Gasteiger partial charge in [0.05, 0.1) is 30.0 Å². The van der Waals surface area contributed by atoms with Crippen LogP contribution in [0.2, 0.25) is 0 Å². The van der Waals surface area contributed by atoms with E-state index in [-0.39, 0.29) is 55.6 Å². The van der Waals surface area contributed by atoms with Crippen molar-refractivity contribution in [3.63, 3.8) is 0 Å². The molecule has 8 rings (SSSR count). The Morgan fingerprint density at radius 2 is 0.894 bits per heavy atom. The molecule has 1 aliphatic rings. The fourth-order valence-electron chi connectivity index (χ4n) is 17.6. The van der Waals surface area contributed by atoms with Gasteiger partial charge in [-0.1, -0.05) is 278 Å². The normalized spacial score (nSPS) is 14.8. The number of ketones is 1. The highest BCUT2D eigenvalue weighted by molar-refractivity contribution is 8.76. The summed E-state index contributed by atoms with van der Waals surface area (Å²) >= 11 is 0. The highest BCUT2D eigenvalue weighted by atomic mass is 33.1. The zero-order valence-electron chi connectivity index (χ0n) is 86.1. The van der Waals surface area contributed by atoms with Crippen LogP contribution in [0.3, 0.4) is 0 Å². The van der Waals surface area contributed by atoms with E-state index in [0.717, 1.165) is 34.8 Å². The minimum atomic E-state index is -1.73. The third-order valence-electron chi connectivity index (χ3n) is 25.6. The van der Waals surface area contributed by atoms with Crippen molar-refractivity contribution in [2.24, 2.45) is 29.6 Å². The second-order valence-electron chi connectivity index (χ2n) is 39.3. The minimum absolute atomic E-state index is 0.0408. The van der Waals surface area contributed by atoms with Gasteiger partial charge in [0.1, 0.15) is 71.3 Å². The lowest BCUT2D eigenvalue weighted by molar-refractivity contribution is -0.151. The van der Waals surface area contributed by atoms with Crippen molar-refractivity contribution in [1.29, 1.82) is 0 Å². The van der Waals surface area contributed by atoms with Crippen LogP contribution in [0.25, 0.3) is 0 Å². The number of aryl methyl sites for hydroxylation is 1. The molecule has 1 aliphatic heterocycles. The van der Waals surface area contributed by atoms with E-state index in [4.69, 9.17) is 14.2 Å². The first-order valence-electron chi connectivity index (χ1n) is 48.9. The molecule has 0 saturated carbocycles. The predicted molar refractivity (Wildman–Crippen MR) is 550 cm³/mol. The molecule has 29 nitrogen and oxygen atoms in total. The van der Waals surface area contributed by atoms with Gasteiger partial charge in [-0.15, -0.1) is 0 Å². The van der Waals surface area contributed by atoms with Crippen molar-refractivity contribution in [2.75, 3.05) is 67.7 Å². The molecule has 7 aromatic carbocycles. The summed E-state index contributed by atoms with van der Waals surface area (Å²) in [4.78, 5) is 222. The molecule has 7 aromatic rings. The lowest BCUT2D eigenvalue weighted by Gasteiger charge is -2.41. The number of carbonyl (C=O) groups excluding carboxylic acids is 14. The first-order valence-corrected chi connectivity index (χ1v) is 51.3. The van der Waals surface area contributed by atoms with Crippen LogP contribution in [0, 0.1) is 36.5 Å². The van der Waals surface area contributed by atoms with E-state index in [1.165, 1.54) is 90.4 Å². The Hall–Kier alpha value is -12.2. The van der Waals surface area contributed by atoms with Crippen LogP contribution < -0.4 is 31.3 Å². The Bertz CT molecular complexity index is 5230. The maximum Gasteiger partial charge on any atom is 0.410 e. The van der Waals surface area contributed by atoms with Gasteiger partial charge in [0.2, 0.25) is 65.0 Å². The van der Waals surface area contributed by atoms with Crippen LogP contribution in [-0.4, -0.2) is 257 Å². The number of para-hydroxylation sites is 1. The summed E-state index contributed by atoms with van der Waals surface area (Å²) in [6.45, 7) is 28.3. The van der Waals surface area contributed by atoms with Gasteiger partial charge in [-0.25, -0.2) is 4.79 Å². The maximum absolute atomic E-state index is 16.5. The third-order valence-corrected chi connectivity index (χ3v) is 28.0. The molecule has 1 saturated heterocycles. The van der Waals surface area contributed by atoms with E-state index >= 15 is 43.2 Å². The molecule has 12 amide bonds. The number of likely N-dealkylation sites (N-methyl/N-ethyl adjacent to an activating group) is 6. The number of esters is 1. The minimum Gasteiger partial charge on any atom is -0.444 e. The number of amides is 12. The molecule has 0 aliphatic carbocycles. The fourth-order valence-corrected chi connectivity index (χ4v) is 19.4. The van der Waals surface area contributed by atoms with Crippen molar-refractivity contribution in [3.8, 4) is 5.75 Å². The number of likely N-dealkylation sites (tertiary alicyclic amines) is 1. The fraction of sp³-hybridized carbons (Fsp3) is 0.491. The van der Waals surface area contributed by atoms with Gasteiger partial charge in [0.25, 0.3) is 0 Å². The molecule has 31 heteroatoms. The van der Waals surface area contributed by atoms with Crippen LogP contribution in [0.1, 0.15) is 188 Å². The smallest absolute Gasteiger partial charge is 0.410 e. The third kappa shape index (κ3) is 32.1. The van der Waals surface area contributed by atoms with Crippen LogP contribution in [0.4, 0.5) is 4.79 Å². The second-order valence-corrected chi connectivity index (χ2v) is 41.9. The molecule has 0 spiro atoms. The van der Waals surface area contributed by atoms with E-state index in [0.29, 0.717) is 56.9 Å². The number of benzene rings is 7. The van der Waals surface area contributed by atoms with E-state index in [1.54, 1.807) is 177 Å². The van der Waals surface area contributed by atoms with Crippen LogP contribution in [0.5, 0.6) is 5.75 Å². The van der Waals surface area contributed by atoms with Crippen molar-refractivity contribution in [2.45, 2.75) is 258 Å². The molecule has 1 heterocycles. The van der Waals surface area contributed by atoms with E-state index < -0.39 is 192 Å². The Kier molecular flexibility index (Phi) is 43.8. The topological polar surface area (TPSA) is 350 Å². The Morgan fingerprint density at radius 1 is 0.440 bits per heavy atom. The Labute approximate surface area is 841 Å². The average molecular weight is 1970 g/mol. The van der Waals surface area contributed by atoms with Gasteiger partial charge >= 0.3 is 12.1 Å². The summed E-state index contributed by atoms with van der Waals surface area (Å²) in [7, 11) is 11.4. The quantitative estimate of drug-likeness (QED) is 0.0102. The number of nitrogens with zero attached hydrogens (tertiary/aromatic N) is 7. The number of rotatable bonds is 49. The number of nitrogens with one attached hydrogen (secondary N) is 5. The first-order chi connectivity index (χ1) is 66.8. The standard InChI is InChI=1S/C110H148N12O17S2/c1-23-140-141-91-59-45-46-74(10)97(91)137-93(125)68-85(104(132)118(19)88(66-80-51-35-26-36-52-80)101(129)112-75(11)103(131)122-60-43-30-44-61-122)113-99(127)81(64-78-47-31-24-32-48-78)67-90(123)96(73(8)9)121(22)105(133)89(63-71(4)5)117(18)92(124)69-111-100(128)87(65-79-49-33-25-34-50-79)120(21)107(135)95(77(13)138-110(82-53-37-27-38-54-82,83-55-39-28-40-56-83)84-57-41-29-42-58-84)115-102(130)86(62-70(2)3)119(20)106(134)94(72(6)7)114-98(126)76(12)116(17)108(136)139-109(14,15)16/h24-29,31-42,45-59,70-73,75-77,81,85-89,94-96H,23,30,43-44,60-69H2,1-22H3,(H,111,128)(H,112,129)(H,113,127)(H,114,126)(H,115,130)/t75-,76-,77+,81+,85-,86-,87-,88?,89-,94-,95-,96-/m0/s1. The Morgan fingerprint density at radius 3 is 1.38 bits per heavy atom. The van der Waals surface area contributed by atoms with E-state index in [1.807, 2.05) is 132 Å².